The van der Waals surface area contributed by atoms with Gasteiger partial charge in [-0.25, -0.2) is 9.97 Å². The van der Waals surface area contributed by atoms with E-state index in [0.29, 0.717) is 6.04 Å². The van der Waals surface area contributed by atoms with E-state index in [4.69, 9.17) is 0 Å². The fourth-order valence-corrected chi connectivity index (χ4v) is 3.40. The fraction of sp³-hybridized carbons (Fsp3) is 0.500. The zero-order valence-corrected chi connectivity index (χ0v) is 14.8. The summed E-state index contributed by atoms with van der Waals surface area (Å²) in [7, 11) is 0. The summed E-state index contributed by atoms with van der Waals surface area (Å²) in [6.07, 6.45) is 7.85. The second kappa shape index (κ2) is 8.13. The minimum Gasteiger partial charge on any atom is -0.367 e. The number of rotatable bonds is 5. The van der Waals surface area contributed by atoms with Crippen molar-refractivity contribution in [2.75, 3.05) is 10.6 Å². The van der Waals surface area contributed by atoms with Gasteiger partial charge < -0.3 is 10.6 Å². The number of nitrogens with zero attached hydrogens (tertiary/aromatic N) is 2. The highest BCUT2D eigenvalue weighted by atomic mass is 15.1. The van der Waals surface area contributed by atoms with Crippen molar-refractivity contribution in [3.63, 3.8) is 0 Å². The molecule has 128 valence electrons. The van der Waals surface area contributed by atoms with Gasteiger partial charge in [0.25, 0.3) is 0 Å². The first-order valence-corrected chi connectivity index (χ1v) is 9.14. The number of aromatic nitrogens is 2. The SMILES string of the molecule is Cc1nc(NC2CCCCCC2)cc(NC(C)c2ccccc2)n1. The number of anilines is 2. The largest absolute Gasteiger partial charge is 0.367 e. The third kappa shape index (κ3) is 4.70. The summed E-state index contributed by atoms with van der Waals surface area (Å²) in [5.74, 6) is 2.63. The van der Waals surface area contributed by atoms with Crippen LogP contribution in [0.5, 0.6) is 0 Å². The number of hydrogen-bond acceptors (Lipinski definition) is 4. The highest BCUT2D eigenvalue weighted by molar-refractivity contribution is 5.49. The molecule has 1 unspecified atom stereocenters. The Hall–Kier alpha value is -2.10. The molecule has 24 heavy (non-hydrogen) atoms. The lowest BCUT2D eigenvalue weighted by Gasteiger charge is -2.19. The maximum atomic E-state index is 4.58. The van der Waals surface area contributed by atoms with E-state index in [9.17, 15) is 0 Å². The number of hydrogen-bond donors (Lipinski definition) is 2. The van der Waals surface area contributed by atoms with Crippen molar-refractivity contribution in [2.45, 2.75) is 64.5 Å². The Morgan fingerprint density at radius 1 is 0.958 bits per heavy atom. The molecule has 1 saturated carbocycles. The zero-order chi connectivity index (χ0) is 16.8. The molecule has 2 N–H and O–H groups in total. The van der Waals surface area contributed by atoms with Crippen LogP contribution in [0.1, 0.15) is 62.9 Å². The quantitative estimate of drug-likeness (QED) is 0.752. The van der Waals surface area contributed by atoms with Crippen LogP contribution in [-0.2, 0) is 0 Å². The Morgan fingerprint density at radius 2 is 1.62 bits per heavy atom. The molecule has 1 aliphatic rings. The van der Waals surface area contributed by atoms with Gasteiger partial charge in [0, 0.05) is 18.2 Å². The molecule has 1 aliphatic carbocycles. The van der Waals surface area contributed by atoms with Gasteiger partial charge in [0.2, 0.25) is 0 Å². The molecule has 0 spiro atoms. The molecule has 0 radical (unpaired) electrons. The summed E-state index contributed by atoms with van der Waals surface area (Å²) in [4.78, 5) is 9.13. The third-order valence-corrected chi connectivity index (χ3v) is 4.71. The highest BCUT2D eigenvalue weighted by Crippen LogP contribution is 2.23. The number of benzene rings is 1. The average Bonchev–Trinajstić information content (AvgIpc) is 2.84. The molecule has 0 bridgehead atoms. The van der Waals surface area contributed by atoms with E-state index in [1.54, 1.807) is 0 Å². The summed E-state index contributed by atoms with van der Waals surface area (Å²) in [5, 5.41) is 7.12. The first-order valence-electron chi connectivity index (χ1n) is 9.14. The Labute approximate surface area is 145 Å². The normalized spacial score (nSPS) is 17.1. The average molecular weight is 324 g/mol. The minimum absolute atomic E-state index is 0.214. The first-order chi connectivity index (χ1) is 11.7. The molecule has 0 amide bonds. The summed E-state index contributed by atoms with van der Waals surface area (Å²) in [5.41, 5.74) is 1.26. The van der Waals surface area contributed by atoms with Gasteiger partial charge in [-0.3, -0.25) is 0 Å². The van der Waals surface area contributed by atoms with E-state index < -0.39 is 0 Å². The predicted molar refractivity (Wildman–Crippen MR) is 100 cm³/mol. The van der Waals surface area contributed by atoms with E-state index in [1.807, 2.05) is 19.1 Å². The van der Waals surface area contributed by atoms with Gasteiger partial charge in [-0.15, -0.1) is 0 Å². The number of aryl methyl sites for hydroxylation is 1. The highest BCUT2D eigenvalue weighted by Gasteiger charge is 2.14. The van der Waals surface area contributed by atoms with E-state index >= 15 is 0 Å². The number of nitrogens with one attached hydrogen (secondary N) is 2. The van der Waals surface area contributed by atoms with Crippen LogP contribution in [0, 0.1) is 6.92 Å². The van der Waals surface area contributed by atoms with Gasteiger partial charge in [-0.2, -0.15) is 0 Å². The van der Waals surface area contributed by atoms with Crippen LogP contribution in [0.4, 0.5) is 11.6 Å². The Balaban J connectivity index is 1.69. The Kier molecular flexibility index (Phi) is 5.68. The molecular formula is C20H28N4. The summed E-state index contributed by atoms with van der Waals surface area (Å²) in [6, 6.07) is 13.2. The van der Waals surface area contributed by atoms with Gasteiger partial charge in [0.15, 0.2) is 0 Å². The zero-order valence-electron chi connectivity index (χ0n) is 14.8. The molecule has 1 fully saturated rings. The topological polar surface area (TPSA) is 49.8 Å². The molecule has 1 aromatic carbocycles. The smallest absolute Gasteiger partial charge is 0.132 e. The fourth-order valence-electron chi connectivity index (χ4n) is 3.40. The molecule has 1 heterocycles. The second-order valence-electron chi connectivity index (χ2n) is 6.80. The van der Waals surface area contributed by atoms with Crippen molar-refractivity contribution in [3.05, 3.63) is 47.8 Å². The first kappa shape index (κ1) is 16.7. The van der Waals surface area contributed by atoms with Crippen LogP contribution in [0.15, 0.2) is 36.4 Å². The standard InChI is InChI=1S/C20H28N4/c1-15(17-10-6-5-7-11-17)21-19-14-20(23-16(2)22-19)24-18-12-8-3-4-9-13-18/h5-7,10-11,14-15,18H,3-4,8-9,12-13H2,1-2H3,(H2,21,22,23,24). The van der Waals surface area contributed by atoms with E-state index in [2.05, 4.69) is 51.8 Å². The Morgan fingerprint density at radius 3 is 2.33 bits per heavy atom. The third-order valence-electron chi connectivity index (χ3n) is 4.71. The minimum atomic E-state index is 0.214. The lowest BCUT2D eigenvalue weighted by molar-refractivity contribution is 0.617. The van der Waals surface area contributed by atoms with Crippen molar-refractivity contribution in [2.24, 2.45) is 0 Å². The molecule has 4 heteroatoms. The van der Waals surface area contributed by atoms with Crippen molar-refractivity contribution >= 4 is 11.6 Å². The van der Waals surface area contributed by atoms with Crippen molar-refractivity contribution < 1.29 is 0 Å². The summed E-state index contributed by atoms with van der Waals surface area (Å²) >= 11 is 0. The Bertz CT molecular complexity index is 633. The van der Waals surface area contributed by atoms with Crippen LogP contribution in [0.3, 0.4) is 0 Å². The van der Waals surface area contributed by atoms with Crippen molar-refractivity contribution in [1.29, 1.82) is 0 Å². The molecule has 1 aromatic heterocycles. The molecule has 3 rings (SSSR count). The van der Waals surface area contributed by atoms with Crippen LogP contribution < -0.4 is 10.6 Å². The van der Waals surface area contributed by atoms with Crippen LogP contribution in [0.2, 0.25) is 0 Å². The molecule has 0 saturated heterocycles. The molecule has 2 aromatic rings. The van der Waals surface area contributed by atoms with E-state index in [-0.39, 0.29) is 6.04 Å². The summed E-state index contributed by atoms with van der Waals surface area (Å²) in [6.45, 7) is 4.11. The maximum absolute atomic E-state index is 4.58. The van der Waals surface area contributed by atoms with Crippen LogP contribution in [-0.4, -0.2) is 16.0 Å². The van der Waals surface area contributed by atoms with Crippen molar-refractivity contribution in [1.82, 2.24) is 9.97 Å². The molecule has 0 aliphatic heterocycles. The van der Waals surface area contributed by atoms with Gasteiger partial charge in [0.05, 0.1) is 0 Å². The second-order valence-corrected chi connectivity index (χ2v) is 6.80. The van der Waals surface area contributed by atoms with E-state index in [0.717, 1.165) is 17.5 Å². The van der Waals surface area contributed by atoms with E-state index in [1.165, 1.54) is 44.1 Å². The lowest BCUT2D eigenvalue weighted by Crippen LogP contribution is -2.20. The van der Waals surface area contributed by atoms with Gasteiger partial charge in [-0.1, -0.05) is 56.0 Å². The van der Waals surface area contributed by atoms with Crippen LogP contribution in [0.25, 0.3) is 0 Å². The van der Waals surface area contributed by atoms with Gasteiger partial charge in [0.1, 0.15) is 17.5 Å². The molecule has 1 atom stereocenters. The summed E-state index contributed by atoms with van der Waals surface area (Å²) < 4.78 is 0. The molecular weight excluding hydrogens is 296 g/mol. The van der Waals surface area contributed by atoms with Gasteiger partial charge >= 0.3 is 0 Å². The van der Waals surface area contributed by atoms with Crippen molar-refractivity contribution in [3.8, 4) is 0 Å². The van der Waals surface area contributed by atoms with Gasteiger partial charge in [-0.05, 0) is 32.3 Å². The monoisotopic (exact) mass is 324 g/mol. The lowest BCUT2D eigenvalue weighted by atomic mass is 10.1. The molecule has 4 nitrogen and oxygen atoms in total. The maximum Gasteiger partial charge on any atom is 0.132 e. The van der Waals surface area contributed by atoms with Crippen LogP contribution >= 0.6 is 0 Å². The predicted octanol–water partition coefficient (Wildman–Crippen LogP) is 5.09.